The van der Waals surface area contributed by atoms with Crippen molar-refractivity contribution >= 4 is 34.0 Å². The van der Waals surface area contributed by atoms with Gasteiger partial charge in [-0.15, -0.1) is 22.7 Å². The Morgan fingerprint density at radius 2 is 1.50 bits per heavy atom. The number of hydrogen-bond donors (Lipinski definition) is 0. The lowest BCUT2D eigenvalue weighted by molar-refractivity contribution is 0.884. The van der Waals surface area contributed by atoms with Gasteiger partial charge in [-0.3, -0.25) is 0 Å². The fraction of sp³-hybridized carbons (Fsp3) is 0.385. The lowest BCUT2D eigenvalue weighted by Crippen LogP contribution is -2.17. The van der Waals surface area contributed by atoms with Crippen LogP contribution in [0.15, 0.2) is 22.9 Å². The van der Waals surface area contributed by atoms with E-state index in [1.807, 2.05) is 22.7 Å². The van der Waals surface area contributed by atoms with Crippen LogP contribution in [0, 0.1) is 13.8 Å². The Balaban J connectivity index is 2.39. The van der Waals surface area contributed by atoms with Crippen LogP contribution in [-0.4, -0.2) is 6.54 Å². The minimum Gasteiger partial charge on any atom is -0.340 e. The summed E-state index contributed by atoms with van der Waals surface area (Å²) in [5.74, 6) is 0. The summed E-state index contributed by atoms with van der Waals surface area (Å²) >= 11 is 3.65. The fourth-order valence-corrected chi connectivity index (χ4v) is 3.31. The first-order chi connectivity index (χ1) is 7.74. The van der Waals surface area contributed by atoms with Gasteiger partial charge in [0, 0.05) is 16.3 Å². The Bertz CT molecular complexity index is 416. The molecule has 0 saturated heterocycles. The normalized spacial score (nSPS) is 10.7. The fourth-order valence-electron chi connectivity index (χ4n) is 1.91. The molecule has 0 amide bonds. The molecule has 0 aliphatic carbocycles. The average molecular weight is 251 g/mol. The summed E-state index contributed by atoms with van der Waals surface area (Å²) in [4.78, 5) is 5.25. The van der Waals surface area contributed by atoms with E-state index in [1.54, 1.807) is 0 Å². The van der Waals surface area contributed by atoms with Gasteiger partial charge in [-0.2, -0.15) is 0 Å². The lowest BCUT2D eigenvalue weighted by atomic mass is 10.2. The van der Waals surface area contributed by atoms with Crippen LogP contribution in [0.25, 0.3) is 0 Å². The van der Waals surface area contributed by atoms with Crippen molar-refractivity contribution in [1.29, 1.82) is 0 Å². The van der Waals surface area contributed by atoms with E-state index in [2.05, 4.69) is 48.6 Å². The van der Waals surface area contributed by atoms with Gasteiger partial charge < -0.3 is 4.90 Å². The maximum absolute atomic E-state index is 2.44. The van der Waals surface area contributed by atoms with E-state index >= 15 is 0 Å². The first-order valence-electron chi connectivity index (χ1n) is 5.59. The molecule has 0 saturated carbocycles. The summed E-state index contributed by atoms with van der Waals surface area (Å²) < 4.78 is 0. The first-order valence-corrected chi connectivity index (χ1v) is 7.35. The van der Waals surface area contributed by atoms with Gasteiger partial charge in [-0.25, -0.2) is 0 Å². The number of anilines is 2. The molecule has 2 aromatic rings. The molecule has 0 aromatic carbocycles. The van der Waals surface area contributed by atoms with Gasteiger partial charge in [0.2, 0.25) is 0 Å². The third kappa shape index (κ3) is 2.15. The van der Waals surface area contributed by atoms with Crippen molar-refractivity contribution in [2.45, 2.75) is 27.2 Å². The summed E-state index contributed by atoms with van der Waals surface area (Å²) in [5, 5.41) is 4.35. The van der Waals surface area contributed by atoms with Gasteiger partial charge in [-0.1, -0.05) is 6.92 Å². The molecule has 0 fully saturated rings. The Kier molecular flexibility index (Phi) is 3.66. The van der Waals surface area contributed by atoms with Crippen molar-refractivity contribution in [1.82, 2.24) is 0 Å². The highest BCUT2D eigenvalue weighted by Gasteiger charge is 2.14. The first kappa shape index (κ1) is 11.7. The molecule has 0 aliphatic heterocycles. The monoisotopic (exact) mass is 251 g/mol. The van der Waals surface area contributed by atoms with Gasteiger partial charge in [0.1, 0.15) is 0 Å². The molecule has 0 aliphatic rings. The summed E-state index contributed by atoms with van der Waals surface area (Å²) in [5.41, 5.74) is 2.74. The molecular weight excluding hydrogens is 234 g/mol. The van der Waals surface area contributed by atoms with Crippen LogP contribution < -0.4 is 4.90 Å². The second kappa shape index (κ2) is 5.02. The number of rotatable bonds is 4. The molecule has 2 aromatic heterocycles. The number of thiophene rings is 2. The van der Waals surface area contributed by atoms with Gasteiger partial charge in [-0.05, 0) is 43.2 Å². The smallest absolute Gasteiger partial charge is 0.0549 e. The molecule has 0 spiro atoms. The van der Waals surface area contributed by atoms with Crippen LogP contribution >= 0.6 is 22.7 Å². The average Bonchev–Trinajstić information content (AvgIpc) is 2.84. The topological polar surface area (TPSA) is 3.24 Å². The number of aryl methyl sites for hydroxylation is 2. The van der Waals surface area contributed by atoms with Crippen LogP contribution in [-0.2, 0) is 0 Å². The van der Waals surface area contributed by atoms with Crippen molar-refractivity contribution in [3.63, 3.8) is 0 Å². The second-order valence-corrected chi connectivity index (χ2v) is 6.12. The lowest BCUT2D eigenvalue weighted by Gasteiger charge is -2.24. The molecule has 16 heavy (non-hydrogen) atoms. The Labute approximate surface area is 105 Å². The molecule has 0 N–H and O–H groups in total. The molecule has 3 heteroatoms. The van der Waals surface area contributed by atoms with Crippen LogP contribution in [0.5, 0.6) is 0 Å². The highest BCUT2D eigenvalue weighted by Crippen LogP contribution is 2.35. The van der Waals surface area contributed by atoms with Crippen LogP contribution in [0.3, 0.4) is 0 Å². The minimum atomic E-state index is 1.09. The van der Waals surface area contributed by atoms with Crippen LogP contribution in [0.4, 0.5) is 11.4 Å². The Morgan fingerprint density at radius 3 is 1.81 bits per heavy atom. The maximum atomic E-state index is 2.44. The van der Waals surface area contributed by atoms with Crippen molar-refractivity contribution in [3.8, 4) is 0 Å². The molecule has 2 heterocycles. The number of nitrogens with zero attached hydrogens (tertiary/aromatic N) is 1. The van der Waals surface area contributed by atoms with Crippen molar-refractivity contribution in [2.24, 2.45) is 0 Å². The quantitative estimate of drug-likeness (QED) is 0.741. The van der Waals surface area contributed by atoms with Crippen molar-refractivity contribution < 1.29 is 0 Å². The van der Waals surface area contributed by atoms with Gasteiger partial charge in [0.15, 0.2) is 0 Å². The number of hydrogen-bond acceptors (Lipinski definition) is 3. The highest BCUT2D eigenvalue weighted by molar-refractivity contribution is 7.10. The third-order valence-electron chi connectivity index (χ3n) is 2.69. The van der Waals surface area contributed by atoms with E-state index < -0.39 is 0 Å². The molecule has 86 valence electrons. The van der Waals surface area contributed by atoms with Crippen molar-refractivity contribution in [3.05, 3.63) is 32.6 Å². The van der Waals surface area contributed by atoms with Crippen LogP contribution in [0.2, 0.25) is 0 Å². The van der Waals surface area contributed by atoms with E-state index in [-0.39, 0.29) is 0 Å². The zero-order valence-electron chi connectivity index (χ0n) is 9.99. The predicted octanol–water partition coefficient (Wildman–Crippen LogP) is 4.97. The zero-order chi connectivity index (χ0) is 11.5. The van der Waals surface area contributed by atoms with E-state index in [1.165, 1.54) is 27.5 Å². The maximum Gasteiger partial charge on any atom is 0.0549 e. The van der Waals surface area contributed by atoms with E-state index in [4.69, 9.17) is 0 Å². The molecule has 2 rings (SSSR count). The summed E-state index contributed by atoms with van der Waals surface area (Å²) in [6.45, 7) is 7.72. The van der Waals surface area contributed by atoms with E-state index in [0.29, 0.717) is 0 Å². The Morgan fingerprint density at radius 1 is 1.00 bits per heavy atom. The highest BCUT2D eigenvalue weighted by atomic mass is 32.1. The minimum absolute atomic E-state index is 1.09. The molecule has 0 atom stereocenters. The summed E-state index contributed by atoms with van der Waals surface area (Å²) in [6.07, 6.45) is 1.17. The molecular formula is C13H17NS2. The predicted molar refractivity (Wildman–Crippen MR) is 75.4 cm³/mol. The summed E-state index contributed by atoms with van der Waals surface area (Å²) in [7, 11) is 0. The zero-order valence-corrected chi connectivity index (χ0v) is 11.6. The van der Waals surface area contributed by atoms with Crippen molar-refractivity contribution in [2.75, 3.05) is 11.4 Å². The molecule has 0 unspecified atom stereocenters. The SMILES string of the molecule is CCCN(c1ccsc1C)c1ccsc1C. The van der Waals surface area contributed by atoms with Gasteiger partial charge in [0.05, 0.1) is 11.4 Å². The van der Waals surface area contributed by atoms with Gasteiger partial charge >= 0.3 is 0 Å². The van der Waals surface area contributed by atoms with E-state index in [0.717, 1.165) is 6.54 Å². The van der Waals surface area contributed by atoms with Crippen LogP contribution in [0.1, 0.15) is 23.1 Å². The van der Waals surface area contributed by atoms with Gasteiger partial charge in [0.25, 0.3) is 0 Å². The standard InChI is InChI=1S/C13H17NS2/c1-4-7-14(12-5-8-15-10(12)2)13-6-9-16-11(13)3/h5-6,8-9H,4,7H2,1-3H3. The molecule has 0 bridgehead atoms. The van der Waals surface area contributed by atoms with E-state index in [9.17, 15) is 0 Å². The third-order valence-corrected chi connectivity index (χ3v) is 4.36. The molecule has 1 nitrogen and oxygen atoms in total. The largest absolute Gasteiger partial charge is 0.340 e. The Hall–Kier alpha value is -0.800. The molecule has 0 radical (unpaired) electrons. The second-order valence-electron chi connectivity index (χ2n) is 3.88. The summed E-state index contributed by atoms with van der Waals surface area (Å²) in [6, 6.07) is 4.46.